The topological polar surface area (TPSA) is 112 Å². The lowest BCUT2D eigenvalue weighted by Gasteiger charge is -2.30. The number of sulfone groups is 1. The molecule has 1 saturated heterocycles. The van der Waals surface area contributed by atoms with Crippen LogP contribution in [0.4, 0.5) is 0 Å². The highest BCUT2D eigenvalue weighted by atomic mass is 32.2. The van der Waals surface area contributed by atoms with Crippen LogP contribution in [-0.4, -0.2) is 77.6 Å². The molecule has 186 valence electrons. The molecule has 0 radical (unpaired) electrons. The number of amides is 1. The number of carbonyl (C=O) groups is 1. The fourth-order valence-electron chi connectivity index (χ4n) is 4.38. The van der Waals surface area contributed by atoms with E-state index in [0.29, 0.717) is 48.1 Å². The van der Waals surface area contributed by atoms with E-state index in [4.69, 9.17) is 18.9 Å². The maximum Gasteiger partial charge on any atom is 0.254 e. The molecule has 0 bridgehead atoms. The Labute approximate surface area is 200 Å². The van der Waals surface area contributed by atoms with Crippen molar-refractivity contribution in [3.8, 4) is 23.0 Å². The number of rotatable bonds is 10. The van der Waals surface area contributed by atoms with E-state index in [1.807, 2.05) is 24.3 Å². The van der Waals surface area contributed by atoms with Crippen molar-refractivity contribution in [2.24, 2.45) is 0 Å². The Morgan fingerprint density at radius 2 is 1.62 bits per heavy atom. The molecule has 1 aliphatic rings. The van der Waals surface area contributed by atoms with E-state index in [-0.39, 0.29) is 18.1 Å². The monoisotopic (exact) mass is 493 g/mol. The standard InChI is InChI=1S/C24H31NO8S/c1-30-19-7-5-18(6-8-19)24(10-12-34(28,29)16-26)9-11-25(15-24)23(27)17-13-20(31-2)22(33-4)21(14-17)32-3/h5-8,13-14,26H,9-12,15-16H2,1-4H3. The van der Waals surface area contributed by atoms with Gasteiger partial charge in [0.2, 0.25) is 5.75 Å². The summed E-state index contributed by atoms with van der Waals surface area (Å²) in [5.74, 6) is 0.524. The molecule has 10 heteroatoms. The van der Waals surface area contributed by atoms with Crippen molar-refractivity contribution in [3.63, 3.8) is 0 Å². The zero-order valence-corrected chi connectivity index (χ0v) is 20.7. The summed E-state index contributed by atoms with van der Waals surface area (Å²) in [6, 6.07) is 10.7. The quantitative estimate of drug-likeness (QED) is 0.537. The Hall–Kier alpha value is -2.98. The van der Waals surface area contributed by atoms with Gasteiger partial charge in [0.05, 0.1) is 34.2 Å². The van der Waals surface area contributed by atoms with E-state index in [1.54, 1.807) is 24.1 Å². The molecule has 1 N–H and O–H groups in total. The minimum absolute atomic E-state index is 0.179. The van der Waals surface area contributed by atoms with Crippen molar-refractivity contribution in [1.82, 2.24) is 4.90 Å². The molecule has 1 fully saturated rings. The van der Waals surface area contributed by atoms with Crippen LogP contribution in [0.2, 0.25) is 0 Å². The zero-order valence-electron chi connectivity index (χ0n) is 19.9. The summed E-state index contributed by atoms with van der Waals surface area (Å²) < 4.78 is 45.5. The van der Waals surface area contributed by atoms with Crippen LogP contribution in [0.5, 0.6) is 23.0 Å². The number of hydrogen-bond acceptors (Lipinski definition) is 8. The van der Waals surface area contributed by atoms with Gasteiger partial charge >= 0.3 is 0 Å². The second kappa shape index (κ2) is 10.5. The SMILES string of the molecule is COc1ccc(C2(CCS(=O)(=O)CO)CCN(C(=O)c3cc(OC)c(OC)c(OC)c3)C2)cc1. The molecule has 2 aromatic carbocycles. The van der Waals surface area contributed by atoms with Gasteiger partial charge in [-0.3, -0.25) is 4.79 Å². The average Bonchev–Trinajstić information content (AvgIpc) is 3.32. The van der Waals surface area contributed by atoms with E-state index in [2.05, 4.69) is 0 Å². The number of methoxy groups -OCH3 is 4. The number of nitrogens with zero attached hydrogens (tertiary/aromatic N) is 1. The smallest absolute Gasteiger partial charge is 0.254 e. The van der Waals surface area contributed by atoms with Crippen molar-refractivity contribution in [1.29, 1.82) is 0 Å². The number of aliphatic hydroxyl groups is 1. The minimum atomic E-state index is -3.60. The molecule has 0 spiro atoms. The molecule has 0 saturated carbocycles. The Kier molecular flexibility index (Phi) is 7.93. The van der Waals surface area contributed by atoms with E-state index >= 15 is 0 Å². The summed E-state index contributed by atoms with van der Waals surface area (Å²) in [4.78, 5) is 15.2. The fraction of sp³-hybridized carbons (Fsp3) is 0.458. The number of benzene rings is 2. The molecule has 9 nitrogen and oxygen atoms in total. The van der Waals surface area contributed by atoms with E-state index < -0.39 is 21.2 Å². The van der Waals surface area contributed by atoms with Gasteiger partial charge in [-0.15, -0.1) is 0 Å². The van der Waals surface area contributed by atoms with Gasteiger partial charge in [-0.25, -0.2) is 8.42 Å². The van der Waals surface area contributed by atoms with Crippen molar-refractivity contribution in [3.05, 3.63) is 47.5 Å². The van der Waals surface area contributed by atoms with E-state index in [1.165, 1.54) is 21.3 Å². The zero-order chi connectivity index (χ0) is 24.9. The van der Waals surface area contributed by atoms with Gasteiger partial charge in [-0.1, -0.05) is 12.1 Å². The molecule has 1 amide bonds. The highest BCUT2D eigenvalue weighted by Crippen LogP contribution is 2.41. The molecule has 2 aromatic rings. The van der Waals surface area contributed by atoms with E-state index in [0.717, 1.165) is 5.56 Å². The van der Waals surface area contributed by atoms with E-state index in [9.17, 15) is 18.3 Å². The lowest BCUT2D eigenvalue weighted by Crippen LogP contribution is -2.36. The minimum Gasteiger partial charge on any atom is -0.497 e. The molecule has 1 atom stereocenters. The summed E-state index contributed by atoms with van der Waals surface area (Å²) >= 11 is 0. The lowest BCUT2D eigenvalue weighted by molar-refractivity contribution is 0.0782. The molecule has 0 aliphatic carbocycles. The third kappa shape index (κ3) is 5.23. The Bertz CT molecular complexity index is 1090. The number of aliphatic hydroxyl groups excluding tert-OH is 1. The van der Waals surface area contributed by atoms with Crippen molar-refractivity contribution < 1.29 is 37.3 Å². The van der Waals surface area contributed by atoms with Crippen LogP contribution >= 0.6 is 0 Å². The third-order valence-corrected chi connectivity index (χ3v) is 7.56. The van der Waals surface area contributed by atoms with Gasteiger partial charge in [-0.2, -0.15) is 0 Å². The predicted molar refractivity (Wildman–Crippen MR) is 127 cm³/mol. The van der Waals surface area contributed by atoms with Gasteiger partial charge in [0, 0.05) is 24.1 Å². The summed E-state index contributed by atoms with van der Waals surface area (Å²) in [6.07, 6.45) is 0.859. The first-order valence-electron chi connectivity index (χ1n) is 10.8. The number of ether oxygens (including phenoxy) is 4. The van der Waals surface area contributed by atoms with Crippen molar-refractivity contribution in [2.75, 3.05) is 53.2 Å². The van der Waals surface area contributed by atoms with Crippen LogP contribution < -0.4 is 18.9 Å². The van der Waals surface area contributed by atoms with Crippen LogP contribution in [0.3, 0.4) is 0 Å². The second-order valence-electron chi connectivity index (χ2n) is 8.23. The first-order valence-corrected chi connectivity index (χ1v) is 12.6. The Morgan fingerprint density at radius 3 is 2.12 bits per heavy atom. The molecular formula is C24H31NO8S. The van der Waals surface area contributed by atoms with Crippen LogP contribution in [0.25, 0.3) is 0 Å². The number of carbonyl (C=O) groups excluding carboxylic acids is 1. The van der Waals surface area contributed by atoms with Crippen molar-refractivity contribution in [2.45, 2.75) is 18.3 Å². The maximum absolute atomic E-state index is 13.5. The first kappa shape index (κ1) is 25.6. The van der Waals surface area contributed by atoms with Gasteiger partial charge in [0.25, 0.3) is 5.91 Å². The van der Waals surface area contributed by atoms with Crippen LogP contribution in [0.1, 0.15) is 28.8 Å². The highest BCUT2D eigenvalue weighted by Gasteiger charge is 2.42. The van der Waals surface area contributed by atoms with Crippen molar-refractivity contribution >= 4 is 15.7 Å². The van der Waals surface area contributed by atoms with Gasteiger partial charge in [0.1, 0.15) is 11.7 Å². The van der Waals surface area contributed by atoms with Gasteiger partial charge < -0.3 is 29.0 Å². The molecule has 0 aromatic heterocycles. The summed E-state index contributed by atoms with van der Waals surface area (Å²) in [6.45, 7) is 0.774. The summed E-state index contributed by atoms with van der Waals surface area (Å²) in [5, 5.41) is 9.22. The molecule has 1 aliphatic heterocycles. The lowest BCUT2D eigenvalue weighted by atomic mass is 9.77. The number of likely N-dealkylation sites (tertiary alicyclic amines) is 1. The first-order chi connectivity index (χ1) is 16.2. The summed E-state index contributed by atoms with van der Waals surface area (Å²) in [5.41, 5.74) is 0.717. The normalized spacial score (nSPS) is 18.0. The maximum atomic E-state index is 13.5. The predicted octanol–water partition coefficient (Wildman–Crippen LogP) is 2.26. The molecule has 1 heterocycles. The molecule has 34 heavy (non-hydrogen) atoms. The average molecular weight is 494 g/mol. The Morgan fingerprint density at radius 1 is 1.00 bits per heavy atom. The van der Waals surface area contributed by atoms with Gasteiger partial charge in [-0.05, 0) is 42.7 Å². The fourth-order valence-corrected chi connectivity index (χ4v) is 5.21. The van der Waals surface area contributed by atoms with Gasteiger partial charge in [0.15, 0.2) is 21.3 Å². The molecular weight excluding hydrogens is 462 g/mol. The van der Waals surface area contributed by atoms with Crippen LogP contribution in [0, 0.1) is 0 Å². The number of hydrogen-bond donors (Lipinski definition) is 1. The molecule has 1 unspecified atom stereocenters. The highest BCUT2D eigenvalue weighted by molar-refractivity contribution is 7.91. The molecule has 3 rings (SSSR count). The third-order valence-electron chi connectivity index (χ3n) is 6.34. The van der Waals surface area contributed by atoms with Crippen LogP contribution in [-0.2, 0) is 15.3 Å². The summed E-state index contributed by atoms with van der Waals surface area (Å²) in [7, 11) is 2.43. The Balaban J connectivity index is 1.93. The van der Waals surface area contributed by atoms with Crippen LogP contribution in [0.15, 0.2) is 36.4 Å². The second-order valence-corrected chi connectivity index (χ2v) is 10.4. The largest absolute Gasteiger partial charge is 0.497 e.